The molecule has 5 heteroatoms. The Morgan fingerprint density at radius 3 is 2.85 bits per heavy atom. The van der Waals surface area contributed by atoms with Gasteiger partial charge in [-0.1, -0.05) is 17.7 Å². The molecule has 0 bridgehead atoms. The minimum atomic E-state index is -0.553. The van der Waals surface area contributed by atoms with Gasteiger partial charge in [0.1, 0.15) is 5.82 Å². The normalized spacial score (nSPS) is 22.8. The number of nitrogens with zero attached hydrogens (tertiary/aromatic N) is 1. The van der Waals surface area contributed by atoms with Gasteiger partial charge in [0.2, 0.25) is 5.91 Å². The number of hydrogen-bond acceptors (Lipinski definition) is 3. The van der Waals surface area contributed by atoms with E-state index < -0.39 is 5.41 Å². The fourth-order valence-electron chi connectivity index (χ4n) is 3.31. The van der Waals surface area contributed by atoms with E-state index in [-0.39, 0.29) is 5.91 Å². The summed E-state index contributed by atoms with van der Waals surface area (Å²) in [4.78, 5) is 16.7. The maximum absolute atomic E-state index is 12.5. The summed E-state index contributed by atoms with van der Waals surface area (Å²) >= 11 is 6.09. The Morgan fingerprint density at radius 2 is 2.05 bits per heavy atom. The highest BCUT2D eigenvalue weighted by atomic mass is 35.5. The van der Waals surface area contributed by atoms with E-state index in [1.165, 1.54) is 0 Å². The number of amides is 1. The molecular weight excluding hydrogens is 274 g/mol. The van der Waals surface area contributed by atoms with Crippen LogP contribution in [0, 0.1) is 0 Å². The number of nitrogens with one attached hydrogen (secondary N) is 1. The third-order valence-corrected chi connectivity index (χ3v) is 4.62. The van der Waals surface area contributed by atoms with Crippen LogP contribution in [-0.2, 0) is 23.1 Å². The average molecular weight is 286 g/mol. The van der Waals surface area contributed by atoms with Crippen molar-refractivity contribution in [2.75, 3.05) is 11.1 Å². The van der Waals surface area contributed by atoms with Crippen molar-refractivity contribution in [1.29, 1.82) is 0 Å². The number of nitrogen functional groups attached to an aromatic ring is 1. The molecule has 0 saturated carbocycles. The standard InChI is InChI=1S/C15H12ClN3O/c16-11-4-8-6-15(7-9(8)5-12(11)17)10-2-1-3-18-13(10)19-14(15)20/h1-5H,6-7,17H2,(H,18,19,20)/t15-/m1/s1. The predicted octanol–water partition coefficient (Wildman–Crippen LogP) is 2.31. The number of benzene rings is 1. The number of pyridine rings is 1. The van der Waals surface area contributed by atoms with Gasteiger partial charge in [-0.15, -0.1) is 0 Å². The summed E-state index contributed by atoms with van der Waals surface area (Å²) in [5.41, 5.74) is 9.03. The molecule has 1 atom stereocenters. The van der Waals surface area contributed by atoms with Crippen LogP contribution in [0.5, 0.6) is 0 Å². The highest BCUT2D eigenvalue weighted by molar-refractivity contribution is 6.33. The lowest BCUT2D eigenvalue weighted by atomic mass is 9.79. The fourth-order valence-corrected chi connectivity index (χ4v) is 3.50. The van der Waals surface area contributed by atoms with Crippen LogP contribution in [0.2, 0.25) is 5.02 Å². The number of fused-ring (bicyclic) bond motifs is 3. The van der Waals surface area contributed by atoms with Gasteiger partial charge in [-0.25, -0.2) is 4.98 Å². The Labute approximate surface area is 121 Å². The van der Waals surface area contributed by atoms with Crippen molar-refractivity contribution in [3.63, 3.8) is 0 Å². The molecule has 100 valence electrons. The SMILES string of the molecule is Nc1cc2c(cc1Cl)C[C@]1(C2)C(=O)Nc2ncccc21. The first-order valence-corrected chi connectivity index (χ1v) is 6.82. The molecule has 1 aromatic heterocycles. The Bertz CT molecular complexity index is 726. The Morgan fingerprint density at radius 1 is 1.30 bits per heavy atom. The van der Waals surface area contributed by atoms with E-state index in [1.807, 2.05) is 24.3 Å². The van der Waals surface area contributed by atoms with Crippen LogP contribution in [-0.4, -0.2) is 10.9 Å². The number of carbonyl (C=O) groups is 1. The zero-order chi connectivity index (χ0) is 13.9. The third kappa shape index (κ3) is 1.37. The largest absolute Gasteiger partial charge is 0.398 e. The first-order chi connectivity index (χ1) is 9.60. The van der Waals surface area contributed by atoms with E-state index in [4.69, 9.17) is 17.3 Å². The smallest absolute Gasteiger partial charge is 0.237 e. The summed E-state index contributed by atoms with van der Waals surface area (Å²) in [6.07, 6.45) is 2.98. The first kappa shape index (κ1) is 11.7. The number of hydrogen-bond donors (Lipinski definition) is 2. The molecule has 20 heavy (non-hydrogen) atoms. The maximum Gasteiger partial charge on any atom is 0.237 e. The summed E-state index contributed by atoms with van der Waals surface area (Å²) in [6.45, 7) is 0. The molecule has 0 saturated heterocycles. The second-order valence-electron chi connectivity index (χ2n) is 5.43. The van der Waals surface area contributed by atoms with Gasteiger partial charge in [0.15, 0.2) is 0 Å². The Kier molecular flexibility index (Phi) is 2.19. The lowest BCUT2D eigenvalue weighted by Gasteiger charge is -2.20. The summed E-state index contributed by atoms with van der Waals surface area (Å²) in [7, 11) is 0. The van der Waals surface area contributed by atoms with Gasteiger partial charge >= 0.3 is 0 Å². The van der Waals surface area contributed by atoms with Crippen LogP contribution in [0.1, 0.15) is 16.7 Å². The maximum atomic E-state index is 12.5. The van der Waals surface area contributed by atoms with Gasteiger partial charge < -0.3 is 11.1 Å². The average Bonchev–Trinajstić information content (AvgIpc) is 2.91. The van der Waals surface area contributed by atoms with E-state index in [0.29, 0.717) is 29.4 Å². The lowest BCUT2D eigenvalue weighted by Crippen LogP contribution is -2.35. The van der Waals surface area contributed by atoms with Gasteiger partial charge in [-0.2, -0.15) is 0 Å². The van der Waals surface area contributed by atoms with Crippen LogP contribution in [0.25, 0.3) is 0 Å². The van der Waals surface area contributed by atoms with Crippen molar-refractivity contribution in [1.82, 2.24) is 4.98 Å². The molecule has 2 aliphatic rings. The van der Waals surface area contributed by atoms with Gasteiger partial charge in [0, 0.05) is 11.8 Å². The van der Waals surface area contributed by atoms with Crippen LogP contribution >= 0.6 is 11.6 Å². The molecule has 1 amide bonds. The monoisotopic (exact) mass is 285 g/mol. The topological polar surface area (TPSA) is 68.0 Å². The van der Waals surface area contributed by atoms with Crippen molar-refractivity contribution in [2.45, 2.75) is 18.3 Å². The van der Waals surface area contributed by atoms with Crippen LogP contribution in [0.15, 0.2) is 30.5 Å². The highest BCUT2D eigenvalue weighted by Crippen LogP contribution is 2.47. The zero-order valence-electron chi connectivity index (χ0n) is 10.6. The zero-order valence-corrected chi connectivity index (χ0v) is 11.4. The number of halogens is 1. The molecule has 1 spiro atoms. The van der Waals surface area contributed by atoms with E-state index in [0.717, 1.165) is 16.7 Å². The van der Waals surface area contributed by atoms with Crippen molar-refractivity contribution < 1.29 is 4.79 Å². The quantitative estimate of drug-likeness (QED) is 0.730. The van der Waals surface area contributed by atoms with Crippen molar-refractivity contribution in [3.05, 3.63) is 52.2 Å². The minimum Gasteiger partial charge on any atom is -0.398 e. The van der Waals surface area contributed by atoms with Gasteiger partial charge in [-0.05, 0) is 42.2 Å². The fraction of sp³-hybridized carbons (Fsp3) is 0.200. The summed E-state index contributed by atoms with van der Waals surface area (Å²) < 4.78 is 0. The van der Waals surface area contributed by atoms with Gasteiger partial charge in [0.25, 0.3) is 0 Å². The van der Waals surface area contributed by atoms with E-state index in [9.17, 15) is 4.79 Å². The van der Waals surface area contributed by atoms with E-state index in [2.05, 4.69) is 10.3 Å². The van der Waals surface area contributed by atoms with Crippen molar-refractivity contribution in [3.8, 4) is 0 Å². The summed E-state index contributed by atoms with van der Waals surface area (Å²) in [5, 5.41) is 3.43. The molecule has 0 radical (unpaired) electrons. The highest BCUT2D eigenvalue weighted by Gasteiger charge is 2.51. The van der Waals surface area contributed by atoms with Crippen LogP contribution in [0.3, 0.4) is 0 Å². The molecule has 1 aliphatic carbocycles. The molecule has 4 rings (SSSR count). The Hall–Kier alpha value is -2.07. The third-order valence-electron chi connectivity index (χ3n) is 4.29. The number of aromatic nitrogens is 1. The molecule has 0 fully saturated rings. The molecule has 2 aromatic rings. The lowest BCUT2D eigenvalue weighted by molar-refractivity contribution is -0.120. The minimum absolute atomic E-state index is 0.0112. The summed E-state index contributed by atoms with van der Waals surface area (Å²) in [5.74, 6) is 0.682. The van der Waals surface area contributed by atoms with E-state index in [1.54, 1.807) is 6.20 Å². The molecule has 0 unspecified atom stereocenters. The van der Waals surface area contributed by atoms with E-state index >= 15 is 0 Å². The Balaban J connectivity index is 1.88. The van der Waals surface area contributed by atoms with Crippen molar-refractivity contribution >= 4 is 29.0 Å². The number of rotatable bonds is 0. The molecular formula is C15H12ClN3O. The number of nitrogens with two attached hydrogens (primary N) is 1. The molecule has 2 heterocycles. The second-order valence-corrected chi connectivity index (χ2v) is 5.84. The molecule has 1 aromatic carbocycles. The summed E-state index contributed by atoms with van der Waals surface area (Å²) in [6, 6.07) is 7.60. The molecule has 1 aliphatic heterocycles. The van der Waals surface area contributed by atoms with Crippen LogP contribution < -0.4 is 11.1 Å². The number of carbonyl (C=O) groups excluding carboxylic acids is 1. The number of anilines is 2. The molecule has 3 N–H and O–H groups in total. The predicted molar refractivity (Wildman–Crippen MR) is 77.8 cm³/mol. The van der Waals surface area contributed by atoms with Crippen molar-refractivity contribution in [2.24, 2.45) is 0 Å². The van der Waals surface area contributed by atoms with Gasteiger partial charge in [-0.3, -0.25) is 4.79 Å². The van der Waals surface area contributed by atoms with Crippen LogP contribution in [0.4, 0.5) is 11.5 Å². The van der Waals surface area contributed by atoms with Gasteiger partial charge in [0.05, 0.1) is 16.1 Å². The first-order valence-electron chi connectivity index (χ1n) is 6.44. The molecule has 4 nitrogen and oxygen atoms in total. The second kappa shape index (κ2) is 3.73.